The number of hydrogen-bond donors (Lipinski definition) is 0. The van der Waals surface area contributed by atoms with Gasteiger partial charge in [-0.1, -0.05) is 41.8 Å². The van der Waals surface area contributed by atoms with E-state index >= 15 is 0 Å². The van der Waals surface area contributed by atoms with Gasteiger partial charge in [-0.2, -0.15) is 0 Å². The maximum absolute atomic E-state index is 14.5. The van der Waals surface area contributed by atoms with Crippen molar-refractivity contribution in [1.29, 1.82) is 0 Å². The summed E-state index contributed by atoms with van der Waals surface area (Å²) < 4.78 is 68.5. The van der Waals surface area contributed by atoms with Gasteiger partial charge >= 0.3 is 6.09 Å². The van der Waals surface area contributed by atoms with Crippen LogP contribution in [-0.2, 0) is 16.8 Å². The Morgan fingerprint density at radius 2 is 2.10 bits per heavy atom. The fraction of sp³-hybridized carbons (Fsp3) is 0.435. The van der Waals surface area contributed by atoms with Crippen LogP contribution in [0.3, 0.4) is 0 Å². The Hall–Kier alpha value is -1.79. The molecule has 0 spiro atoms. The van der Waals surface area contributed by atoms with Gasteiger partial charge in [-0.05, 0) is 55.1 Å². The maximum Gasteiger partial charge on any atom is 0.410 e. The highest BCUT2D eigenvalue weighted by molar-refractivity contribution is 9.10. The van der Waals surface area contributed by atoms with Gasteiger partial charge in [-0.3, -0.25) is 0 Å². The molecule has 0 bridgehead atoms. The zero-order valence-corrected chi connectivity index (χ0v) is 19.1. The second kappa shape index (κ2) is 7.72. The molecule has 0 N–H and O–H groups in total. The van der Waals surface area contributed by atoms with Gasteiger partial charge in [-0.25, -0.2) is 9.18 Å². The number of amides is 1. The van der Waals surface area contributed by atoms with Gasteiger partial charge in [0.25, 0.3) is 0 Å². The largest absolute Gasteiger partial charge is 0.480 e. The van der Waals surface area contributed by atoms with E-state index in [0.717, 1.165) is 6.07 Å². The minimum absolute atomic E-state index is 0.000861. The first-order valence-corrected chi connectivity index (χ1v) is 10.8. The van der Waals surface area contributed by atoms with Gasteiger partial charge in [0.05, 0.1) is 17.9 Å². The van der Waals surface area contributed by atoms with Gasteiger partial charge in [0.15, 0.2) is 5.60 Å². The van der Waals surface area contributed by atoms with Crippen molar-refractivity contribution in [2.45, 2.75) is 57.3 Å². The summed E-state index contributed by atoms with van der Waals surface area (Å²) in [5.74, 6) is -0.605. The lowest BCUT2D eigenvalue weighted by atomic mass is 9.81. The highest BCUT2D eigenvalue weighted by atomic mass is 79.9. The number of nitrogens with zero attached hydrogens (tertiary/aromatic N) is 1. The van der Waals surface area contributed by atoms with Gasteiger partial charge < -0.3 is 14.4 Å². The number of hydrogen-bond acceptors (Lipinski definition) is 3. The van der Waals surface area contributed by atoms with E-state index in [1.165, 1.54) is 4.90 Å². The Morgan fingerprint density at radius 3 is 2.77 bits per heavy atom. The first kappa shape index (κ1) is 15.9. The van der Waals surface area contributed by atoms with Crippen LogP contribution in [0.25, 0.3) is 0 Å². The standard InChI is InChI=1S/C23H24BrClFNO3/c1-22(2,3)30-21(28)27-11-7-10-18(27)23(14-8-5-4-6-9-14)13-15-17(29-23)12-16(26)20(25)19(15)24/h4-6,8-9,12,18H,7,10-11,13H2,1-3H3/t18?,23-/m0/s1/i4D,5D,6D,8D,9D. The molecule has 2 heterocycles. The molecule has 1 unspecified atom stereocenters. The molecule has 0 saturated carbocycles. The Kier molecular flexibility index (Phi) is 4.10. The van der Waals surface area contributed by atoms with E-state index in [1.54, 1.807) is 20.8 Å². The Balaban J connectivity index is 1.96. The minimum atomic E-state index is -1.59. The fourth-order valence-corrected chi connectivity index (χ4v) is 4.80. The molecule has 2 atom stereocenters. The molecule has 1 amide bonds. The lowest BCUT2D eigenvalue weighted by Gasteiger charge is -2.40. The van der Waals surface area contributed by atoms with Crippen LogP contribution in [0.15, 0.2) is 40.8 Å². The third kappa shape index (κ3) is 3.69. The van der Waals surface area contributed by atoms with E-state index in [4.69, 9.17) is 27.9 Å². The summed E-state index contributed by atoms with van der Waals surface area (Å²) >= 11 is 9.45. The van der Waals surface area contributed by atoms with Crippen molar-refractivity contribution in [1.82, 2.24) is 4.90 Å². The average Bonchev–Trinajstić information content (AvgIpc) is 3.40. The summed E-state index contributed by atoms with van der Waals surface area (Å²) in [6, 6.07) is -2.10. The van der Waals surface area contributed by atoms with Crippen molar-refractivity contribution in [3.05, 3.63) is 62.7 Å². The number of benzene rings is 2. The van der Waals surface area contributed by atoms with Crippen molar-refractivity contribution in [3.8, 4) is 5.75 Å². The third-order valence-corrected chi connectivity index (χ3v) is 6.77. The lowest BCUT2D eigenvalue weighted by molar-refractivity contribution is -0.0216. The topological polar surface area (TPSA) is 38.8 Å². The molecule has 2 aromatic carbocycles. The molecule has 7 heteroatoms. The number of rotatable bonds is 2. The molecule has 1 saturated heterocycles. The molecule has 2 aliphatic rings. The SMILES string of the molecule is [2H]c1c([2H])c([2H])c([C@]2(C3CCCN3C(=O)OC(C)(C)C)Cc3c(cc(F)c(Cl)c3Br)O2)c([2H])c1[2H]. The normalized spacial score (nSPS) is 25.6. The second-order valence-electron chi connectivity index (χ2n) is 8.46. The number of halogens is 3. The Morgan fingerprint density at radius 1 is 1.40 bits per heavy atom. The molecule has 2 aliphatic heterocycles. The van der Waals surface area contributed by atoms with Gasteiger partial charge in [0.1, 0.15) is 17.2 Å². The predicted octanol–water partition coefficient (Wildman–Crippen LogP) is 6.47. The van der Waals surface area contributed by atoms with E-state index in [-0.39, 0.29) is 27.2 Å². The maximum atomic E-state index is 14.5. The monoisotopic (exact) mass is 500 g/mol. The van der Waals surface area contributed by atoms with Crippen LogP contribution in [0.5, 0.6) is 5.75 Å². The predicted molar refractivity (Wildman–Crippen MR) is 118 cm³/mol. The van der Waals surface area contributed by atoms with E-state index in [2.05, 4.69) is 15.9 Å². The van der Waals surface area contributed by atoms with Crippen molar-refractivity contribution in [2.24, 2.45) is 0 Å². The van der Waals surface area contributed by atoms with Crippen molar-refractivity contribution in [2.75, 3.05) is 6.54 Å². The molecular weight excluding hydrogens is 473 g/mol. The van der Waals surface area contributed by atoms with E-state index in [1.807, 2.05) is 0 Å². The number of likely N-dealkylation sites (tertiary alicyclic amines) is 1. The van der Waals surface area contributed by atoms with Gasteiger partial charge in [0, 0.05) is 29.1 Å². The summed E-state index contributed by atoms with van der Waals surface area (Å²) in [6.07, 6.45) is 0.402. The third-order valence-electron chi connectivity index (χ3n) is 5.30. The van der Waals surface area contributed by atoms with Crippen molar-refractivity contribution in [3.63, 3.8) is 0 Å². The Bertz CT molecular complexity index is 1210. The van der Waals surface area contributed by atoms with E-state index in [0.29, 0.717) is 24.9 Å². The average molecular weight is 502 g/mol. The zero-order chi connectivity index (χ0) is 26.0. The van der Waals surface area contributed by atoms with Crippen LogP contribution in [0, 0.1) is 5.82 Å². The smallest absolute Gasteiger partial charge is 0.410 e. The van der Waals surface area contributed by atoms with E-state index in [9.17, 15) is 9.18 Å². The number of carbonyl (C=O) groups is 1. The molecule has 160 valence electrons. The van der Waals surface area contributed by atoms with E-state index < -0.39 is 59.4 Å². The first-order chi connectivity index (χ1) is 16.2. The molecule has 0 aromatic heterocycles. The zero-order valence-electron chi connectivity index (χ0n) is 21.8. The molecule has 2 aromatic rings. The number of fused-ring (bicyclic) bond motifs is 1. The molecule has 30 heavy (non-hydrogen) atoms. The number of carbonyl (C=O) groups excluding carboxylic acids is 1. The summed E-state index contributed by atoms with van der Waals surface area (Å²) in [5, 5.41) is -0.153. The molecule has 0 aliphatic carbocycles. The summed E-state index contributed by atoms with van der Waals surface area (Å²) in [4.78, 5) is 14.6. The van der Waals surface area contributed by atoms with Crippen LogP contribution in [0.4, 0.5) is 9.18 Å². The summed E-state index contributed by atoms with van der Waals surface area (Å²) in [7, 11) is 0. The quantitative estimate of drug-likeness (QED) is 0.443. The van der Waals surface area contributed by atoms with Gasteiger partial charge in [0.2, 0.25) is 0 Å². The van der Waals surface area contributed by atoms with Crippen LogP contribution in [0.2, 0.25) is 5.02 Å². The summed E-state index contributed by atoms with van der Waals surface area (Å²) in [5.41, 5.74) is -1.97. The van der Waals surface area contributed by atoms with Crippen molar-refractivity contribution < 1.29 is 25.5 Å². The van der Waals surface area contributed by atoms with Crippen LogP contribution < -0.4 is 4.74 Å². The van der Waals surface area contributed by atoms with Gasteiger partial charge in [-0.15, -0.1) is 0 Å². The molecule has 4 rings (SSSR count). The molecule has 1 fully saturated rings. The lowest BCUT2D eigenvalue weighted by Crippen LogP contribution is -2.53. The molecular formula is C23H24BrClFNO3. The molecule has 0 radical (unpaired) electrons. The first-order valence-electron chi connectivity index (χ1n) is 12.1. The highest BCUT2D eigenvalue weighted by Gasteiger charge is 2.54. The van der Waals surface area contributed by atoms with Crippen molar-refractivity contribution >= 4 is 33.6 Å². The fourth-order valence-electron chi connectivity index (χ4n) is 4.11. The Labute approximate surface area is 196 Å². The van der Waals surface area contributed by atoms with Crippen LogP contribution in [0.1, 0.15) is 51.6 Å². The second-order valence-corrected chi connectivity index (χ2v) is 9.63. The minimum Gasteiger partial charge on any atom is -0.480 e. The summed E-state index contributed by atoms with van der Waals surface area (Å²) in [6.45, 7) is 5.55. The highest BCUT2D eigenvalue weighted by Crippen LogP contribution is 2.51. The van der Waals surface area contributed by atoms with Crippen LogP contribution >= 0.6 is 27.5 Å². The number of ether oxygens (including phenoxy) is 2. The molecule has 4 nitrogen and oxygen atoms in total. The van der Waals surface area contributed by atoms with Crippen LogP contribution in [-0.4, -0.2) is 29.2 Å².